The Morgan fingerprint density at radius 3 is 2.44 bits per heavy atom. The molecule has 0 spiro atoms. The summed E-state index contributed by atoms with van der Waals surface area (Å²) in [5.74, 6) is 0.221. The van der Waals surface area contributed by atoms with Crippen molar-refractivity contribution < 1.29 is 14.5 Å². The Hall–Kier alpha value is -3.16. The van der Waals surface area contributed by atoms with Gasteiger partial charge < -0.3 is 14.5 Å². The van der Waals surface area contributed by atoms with Crippen LogP contribution in [0, 0.1) is 10.1 Å². The first kappa shape index (κ1) is 16.7. The molecule has 0 saturated carbocycles. The molecule has 0 radical (unpaired) electrons. The molecule has 1 amide bonds. The standard InChI is InChI=1S/C17H18N4O4/c1-25-16-15(3-2-8-18-16)17(22)20-11-9-19(10-12-20)13-4-6-14(7-5-13)21(23)24/h2-8H,9-12H2,1H3. The Labute approximate surface area is 144 Å². The third-order valence-corrected chi connectivity index (χ3v) is 4.19. The van der Waals surface area contributed by atoms with Crippen LogP contribution in [-0.4, -0.2) is 54.0 Å². The lowest BCUT2D eigenvalue weighted by atomic mass is 10.2. The number of aromatic nitrogens is 1. The topological polar surface area (TPSA) is 88.8 Å². The van der Waals surface area contributed by atoms with Gasteiger partial charge in [-0.05, 0) is 24.3 Å². The molecule has 1 aromatic carbocycles. The number of anilines is 1. The van der Waals surface area contributed by atoms with Crippen molar-refractivity contribution in [3.8, 4) is 5.88 Å². The molecule has 8 heteroatoms. The van der Waals surface area contributed by atoms with Gasteiger partial charge in [0.2, 0.25) is 5.88 Å². The first-order chi connectivity index (χ1) is 12.1. The quantitative estimate of drug-likeness (QED) is 0.623. The lowest BCUT2D eigenvalue weighted by Crippen LogP contribution is -2.48. The summed E-state index contributed by atoms with van der Waals surface area (Å²) in [5, 5.41) is 10.7. The molecule has 1 aliphatic rings. The number of carbonyl (C=O) groups is 1. The van der Waals surface area contributed by atoms with Crippen molar-refractivity contribution >= 4 is 17.3 Å². The number of hydrogen-bond donors (Lipinski definition) is 0. The summed E-state index contributed by atoms with van der Waals surface area (Å²) < 4.78 is 5.15. The molecule has 8 nitrogen and oxygen atoms in total. The van der Waals surface area contributed by atoms with Gasteiger partial charge in [0, 0.05) is 50.2 Å². The number of nitro benzene ring substituents is 1. The average Bonchev–Trinajstić information content (AvgIpc) is 2.67. The SMILES string of the molecule is COc1ncccc1C(=O)N1CCN(c2ccc([N+](=O)[O-])cc2)CC1. The fourth-order valence-corrected chi connectivity index (χ4v) is 2.84. The van der Waals surface area contributed by atoms with Crippen molar-refractivity contribution in [3.05, 3.63) is 58.3 Å². The smallest absolute Gasteiger partial charge is 0.269 e. The monoisotopic (exact) mass is 342 g/mol. The molecule has 1 saturated heterocycles. The predicted molar refractivity (Wildman–Crippen MR) is 92.0 cm³/mol. The molecule has 0 bridgehead atoms. The molecule has 25 heavy (non-hydrogen) atoms. The Balaban J connectivity index is 1.65. The second-order valence-corrected chi connectivity index (χ2v) is 5.61. The number of amides is 1. The van der Waals surface area contributed by atoms with E-state index in [-0.39, 0.29) is 11.6 Å². The van der Waals surface area contributed by atoms with E-state index in [1.54, 1.807) is 35.4 Å². The van der Waals surface area contributed by atoms with Crippen LogP contribution in [0.3, 0.4) is 0 Å². The fourth-order valence-electron chi connectivity index (χ4n) is 2.84. The van der Waals surface area contributed by atoms with E-state index in [1.165, 1.54) is 19.2 Å². The van der Waals surface area contributed by atoms with Crippen LogP contribution in [0.1, 0.15) is 10.4 Å². The number of pyridine rings is 1. The molecule has 1 fully saturated rings. The molecular formula is C17H18N4O4. The van der Waals surface area contributed by atoms with Gasteiger partial charge in [-0.1, -0.05) is 0 Å². The van der Waals surface area contributed by atoms with Crippen LogP contribution in [0.25, 0.3) is 0 Å². The van der Waals surface area contributed by atoms with Crippen molar-refractivity contribution in [2.75, 3.05) is 38.2 Å². The van der Waals surface area contributed by atoms with Gasteiger partial charge in [-0.25, -0.2) is 4.98 Å². The molecule has 0 atom stereocenters. The predicted octanol–water partition coefficient (Wildman–Crippen LogP) is 1.96. The fraction of sp³-hybridized carbons (Fsp3) is 0.294. The normalized spacial score (nSPS) is 14.3. The van der Waals surface area contributed by atoms with E-state index < -0.39 is 4.92 Å². The van der Waals surface area contributed by atoms with E-state index in [1.807, 2.05) is 0 Å². The average molecular weight is 342 g/mol. The van der Waals surface area contributed by atoms with E-state index in [2.05, 4.69) is 9.88 Å². The Bertz CT molecular complexity index is 770. The summed E-state index contributed by atoms with van der Waals surface area (Å²) in [6.45, 7) is 2.44. The maximum Gasteiger partial charge on any atom is 0.269 e. The molecule has 0 unspecified atom stereocenters. The number of ether oxygens (including phenoxy) is 1. The van der Waals surface area contributed by atoms with Gasteiger partial charge in [-0.2, -0.15) is 0 Å². The molecule has 1 aromatic heterocycles. The highest BCUT2D eigenvalue weighted by Crippen LogP contribution is 2.22. The zero-order valence-corrected chi connectivity index (χ0v) is 13.8. The number of hydrogen-bond acceptors (Lipinski definition) is 6. The van der Waals surface area contributed by atoms with Crippen molar-refractivity contribution in [1.29, 1.82) is 0 Å². The van der Waals surface area contributed by atoms with Crippen LogP contribution < -0.4 is 9.64 Å². The van der Waals surface area contributed by atoms with Crippen LogP contribution in [0.4, 0.5) is 11.4 Å². The van der Waals surface area contributed by atoms with Crippen molar-refractivity contribution in [3.63, 3.8) is 0 Å². The first-order valence-electron chi connectivity index (χ1n) is 7.88. The maximum atomic E-state index is 12.7. The van der Waals surface area contributed by atoms with Crippen LogP contribution in [0.15, 0.2) is 42.6 Å². The van der Waals surface area contributed by atoms with Crippen LogP contribution in [0.5, 0.6) is 5.88 Å². The summed E-state index contributed by atoms with van der Waals surface area (Å²) in [4.78, 5) is 30.9. The third-order valence-electron chi connectivity index (χ3n) is 4.19. The maximum absolute atomic E-state index is 12.7. The van der Waals surface area contributed by atoms with Crippen LogP contribution in [-0.2, 0) is 0 Å². The van der Waals surface area contributed by atoms with Gasteiger partial charge in [0.1, 0.15) is 5.56 Å². The second kappa shape index (κ2) is 7.16. The van der Waals surface area contributed by atoms with Gasteiger partial charge in [0.15, 0.2) is 0 Å². The molecule has 3 rings (SSSR count). The van der Waals surface area contributed by atoms with Crippen LogP contribution in [0.2, 0.25) is 0 Å². The van der Waals surface area contributed by atoms with Crippen molar-refractivity contribution in [2.45, 2.75) is 0 Å². The largest absolute Gasteiger partial charge is 0.480 e. The zero-order chi connectivity index (χ0) is 17.8. The molecule has 0 N–H and O–H groups in total. The number of nitro groups is 1. The minimum atomic E-state index is -0.415. The van der Waals surface area contributed by atoms with Crippen LogP contribution >= 0.6 is 0 Å². The Morgan fingerprint density at radius 1 is 1.16 bits per heavy atom. The van der Waals surface area contributed by atoms with Crippen molar-refractivity contribution in [1.82, 2.24) is 9.88 Å². The van der Waals surface area contributed by atoms with Crippen molar-refractivity contribution in [2.24, 2.45) is 0 Å². The minimum absolute atomic E-state index is 0.0706. The zero-order valence-electron chi connectivity index (χ0n) is 13.8. The van der Waals surface area contributed by atoms with E-state index in [0.717, 1.165) is 5.69 Å². The molecular weight excluding hydrogens is 324 g/mol. The number of methoxy groups -OCH3 is 1. The lowest BCUT2D eigenvalue weighted by molar-refractivity contribution is -0.384. The van der Waals surface area contributed by atoms with E-state index in [0.29, 0.717) is 37.6 Å². The molecule has 2 aromatic rings. The minimum Gasteiger partial charge on any atom is -0.480 e. The highest BCUT2D eigenvalue weighted by Gasteiger charge is 2.25. The van der Waals surface area contributed by atoms with Gasteiger partial charge in [-0.15, -0.1) is 0 Å². The van der Waals surface area contributed by atoms with Gasteiger partial charge in [-0.3, -0.25) is 14.9 Å². The molecule has 1 aliphatic heterocycles. The van der Waals surface area contributed by atoms with E-state index in [9.17, 15) is 14.9 Å². The third kappa shape index (κ3) is 3.52. The summed E-state index contributed by atoms with van der Waals surface area (Å²) in [7, 11) is 1.49. The van der Waals surface area contributed by atoms with Gasteiger partial charge >= 0.3 is 0 Å². The Kier molecular flexibility index (Phi) is 4.78. The first-order valence-corrected chi connectivity index (χ1v) is 7.88. The second-order valence-electron chi connectivity index (χ2n) is 5.61. The summed E-state index contributed by atoms with van der Waals surface area (Å²) in [5.41, 5.74) is 1.44. The summed E-state index contributed by atoms with van der Waals surface area (Å²) in [6, 6.07) is 9.87. The lowest BCUT2D eigenvalue weighted by Gasteiger charge is -2.36. The van der Waals surface area contributed by atoms with E-state index >= 15 is 0 Å². The number of carbonyl (C=O) groups excluding carboxylic acids is 1. The number of rotatable bonds is 4. The number of benzene rings is 1. The highest BCUT2D eigenvalue weighted by molar-refractivity contribution is 5.96. The summed E-state index contributed by atoms with van der Waals surface area (Å²) >= 11 is 0. The Morgan fingerprint density at radius 2 is 1.84 bits per heavy atom. The van der Waals surface area contributed by atoms with Gasteiger partial charge in [0.25, 0.3) is 11.6 Å². The van der Waals surface area contributed by atoms with E-state index in [4.69, 9.17) is 4.74 Å². The van der Waals surface area contributed by atoms with Gasteiger partial charge in [0.05, 0.1) is 12.0 Å². The number of piperazine rings is 1. The number of non-ortho nitro benzene ring substituents is 1. The molecule has 130 valence electrons. The number of nitrogens with zero attached hydrogens (tertiary/aromatic N) is 4. The highest BCUT2D eigenvalue weighted by atomic mass is 16.6. The molecule has 0 aliphatic carbocycles. The molecule has 2 heterocycles. The summed E-state index contributed by atoms with van der Waals surface area (Å²) in [6.07, 6.45) is 1.59.